The lowest BCUT2D eigenvalue weighted by Crippen LogP contribution is -2.71. The number of thioether (sulfide) groups is 1. The van der Waals surface area contributed by atoms with Crippen LogP contribution in [0.3, 0.4) is 0 Å². The number of carboxylic acid groups (broad SMARTS) is 1. The first kappa shape index (κ1) is 25.5. The number of rotatable bonds is 6. The van der Waals surface area contributed by atoms with Gasteiger partial charge in [0.2, 0.25) is 11.8 Å². The molecule has 1 aromatic rings. The van der Waals surface area contributed by atoms with E-state index in [9.17, 15) is 33.9 Å². The molecule has 36 heavy (non-hydrogen) atoms. The predicted molar refractivity (Wildman–Crippen MR) is 127 cm³/mol. The van der Waals surface area contributed by atoms with Gasteiger partial charge in [-0.2, -0.15) is 0 Å². The lowest BCUT2D eigenvalue weighted by Gasteiger charge is -2.44. The number of piperazine rings is 1. The molecule has 13 heteroatoms. The van der Waals surface area contributed by atoms with Crippen LogP contribution >= 0.6 is 11.8 Å². The van der Waals surface area contributed by atoms with Gasteiger partial charge in [-0.05, 0) is 26.3 Å². The van der Waals surface area contributed by atoms with E-state index in [0.29, 0.717) is 12.1 Å². The van der Waals surface area contributed by atoms with Crippen molar-refractivity contribution in [2.24, 2.45) is 0 Å². The van der Waals surface area contributed by atoms with Crippen LogP contribution in [-0.4, -0.2) is 97.3 Å². The SMILES string of the molecule is CCN1CCN(C(=O)N[C@@H](C(=O)NC2C(=O)N3C2SC(C)(C)C3C(=O)O)c2ccccc2)C(=O)C1=O. The highest BCUT2D eigenvalue weighted by atomic mass is 32.2. The van der Waals surface area contributed by atoms with E-state index in [1.54, 1.807) is 51.1 Å². The van der Waals surface area contributed by atoms with Crippen LogP contribution in [0.2, 0.25) is 0 Å². The molecule has 12 nitrogen and oxygen atoms in total. The number of urea groups is 1. The Morgan fingerprint density at radius 2 is 1.78 bits per heavy atom. The number of fused-ring (bicyclic) bond motifs is 1. The zero-order valence-electron chi connectivity index (χ0n) is 20.0. The van der Waals surface area contributed by atoms with Gasteiger partial charge in [-0.15, -0.1) is 11.8 Å². The number of carbonyl (C=O) groups excluding carboxylic acids is 5. The molecule has 192 valence electrons. The lowest BCUT2D eigenvalue weighted by atomic mass is 9.95. The summed E-state index contributed by atoms with van der Waals surface area (Å²) < 4.78 is -0.758. The predicted octanol–water partition coefficient (Wildman–Crippen LogP) is -0.240. The highest BCUT2D eigenvalue weighted by Gasteiger charge is 2.64. The average molecular weight is 518 g/mol. The Labute approximate surface area is 211 Å². The first-order valence-electron chi connectivity index (χ1n) is 11.5. The Balaban J connectivity index is 1.51. The molecule has 0 aliphatic carbocycles. The summed E-state index contributed by atoms with van der Waals surface area (Å²) in [6.07, 6.45) is 0. The number of β-lactam (4-membered cyclic amide) rings is 1. The molecule has 3 aliphatic rings. The van der Waals surface area contributed by atoms with Crippen molar-refractivity contribution in [3.63, 3.8) is 0 Å². The summed E-state index contributed by atoms with van der Waals surface area (Å²) in [5, 5.41) is 14.2. The summed E-state index contributed by atoms with van der Waals surface area (Å²) in [5.41, 5.74) is 0.403. The maximum Gasteiger partial charge on any atom is 0.327 e. The molecule has 0 spiro atoms. The van der Waals surface area contributed by atoms with Crippen molar-refractivity contribution in [1.82, 2.24) is 25.3 Å². The molecular formula is C23H27N5O7S. The second-order valence-electron chi connectivity index (χ2n) is 9.22. The highest BCUT2D eigenvalue weighted by Crippen LogP contribution is 2.50. The number of nitrogens with zero attached hydrogens (tertiary/aromatic N) is 3. The second-order valence-corrected chi connectivity index (χ2v) is 11.0. The molecule has 3 aliphatic heterocycles. The number of hydrogen-bond acceptors (Lipinski definition) is 7. The number of hydrogen-bond donors (Lipinski definition) is 3. The molecular weight excluding hydrogens is 490 g/mol. The summed E-state index contributed by atoms with van der Waals surface area (Å²) >= 11 is 1.28. The minimum Gasteiger partial charge on any atom is -0.480 e. The molecule has 4 atom stereocenters. The van der Waals surface area contributed by atoms with Gasteiger partial charge in [0.25, 0.3) is 0 Å². The van der Waals surface area contributed by atoms with E-state index in [4.69, 9.17) is 0 Å². The van der Waals surface area contributed by atoms with E-state index in [0.717, 1.165) is 4.90 Å². The fourth-order valence-corrected chi connectivity index (χ4v) is 6.32. The Morgan fingerprint density at radius 3 is 2.39 bits per heavy atom. The molecule has 3 N–H and O–H groups in total. The number of likely N-dealkylation sites (N-methyl/N-ethyl adjacent to an activating group) is 1. The maximum atomic E-state index is 13.3. The van der Waals surface area contributed by atoms with Crippen molar-refractivity contribution >= 4 is 47.4 Å². The van der Waals surface area contributed by atoms with Gasteiger partial charge in [0, 0.05) is 24.4 Å². The van der Waals surface area contributed by atoms with Gasteiger partial charge in [0.1, 0.15) is 23.5 Å². The number of amides is 6. The van der Waals surface area contributed by atoms with Crippen molar-refractivity contribution in [1.29, 1.82) is 0 Å². The first-order valence-corrected chi connectivity index (χ1v) is 12.3. The molecule has 3 heterocycles. The third-order valence-corrected chi connectivity index (χ3v) is 8.14. The largest absolute Gasteiger partial charge is 0.480 e. The lowest BCUT2D eigenvalue weighted by molar-refractivity contribution is -0.161. The number of imide groups is 1. The van der Waals surface area contributed by atoms with Gasteiger partial charge in [-0.3, -0.25) is 24.1 Å². The van der Waals surface area contributed by atoms with E-state index in [1.807, 2.05) is 0 Å². The number of aliphatic carboxylic acids is 1. The molecule has 3 fully saturated rings. The minimum absolute atomic E-state index is 0.0200. The molecule has 6 amide bonds. The smallest absolute Gasteiger partial charge is 0.327 e. The summed E-state index contributed by atoms with van der Waals surface area (Å²) in [7, 11) is 0. The topological polar surface area (TPSA) is 156 Å². The molecule has 0 bridgehead atoms. The highest BCUT2D eigenvalue weighted by molar-refractivity contribution is 8.01. The van der Waals surface area contributed by atoms with Crippen LogP contribution in [0.5, 0.6) is 0 Å². The van der Waals surface area contributed by atoms with Gasteiger partial charge in [0.05, 0.1) is 0 Å². The van der Waals surface area contributed by atoms with Crippen LogP contribution in [0.25, 0.3) is 0 Å². The summed E-state index contributed by atoms with van der Waals surface area (Å²) in [6.45, 7) is 5.67. The fourth-order valence-electron chi connectivity index (χ4n) is 4.70. The van der Waals surface area contributed by atoms with Gasteiger partial charge in [0.15, 0.2) is 0 Å². The Morgan fingerprint density at radius 1 is 1.11 bits per heavy atom. The summed E-state index contributed by atoms with van der Waals surface area (Å²) in [4.78, 5) is 78.8. The summed E-state index contributed by atoms with van der Waals surface area (Å²) in [6, 6.07) is 4.11. The van der Waals surface area contributed by atoms with Crippen LogP contribution in [0, 0.1) is 0 Å². The number of carbonyl (C=O) groups is 6. The molecule has 0 aromatic heterocycles. The van der Waals surface area contributed by atoms with Crippen molar-refractivity contribution < 1.29 is 33.9 Å². The minimum atomic E-state index is -1.26. The van der Waals surface area contributed by atoms with E-state index >= 15 is 0 Å². The van der Waals surface area contributed by atoms with Crippen molar-refractivity contribution in [3.8, 4) is 0 Å². The molecule has 4 rings (SSSR count). The monoisotopic (exact) mass is 517 g/mol. The Kier molecular flexibility index (Phi) is 6.69. The van der Waals surface area contributed by atoms with E-state index in [1.165, 1.54) is 21.6 Å². The fraction of sp³-hybridized carbons (Fsp3) is 0.478. The van der Waals surface area contributed by atoms with E-state index < -0.39 is 63.9 Å². The zero-order valence-corrected chi connectivity index (χ0v) is 20.8. The van der Waals surface area contributed by atoms with Gasteiger partial charge in [-0.1, -0.05) is 30.3 Å². The van der Waals surface area contributed by atoms with Gasteiger partial charge < -0.3 is 25.5 Å². The third kappa shape index (κ3) is 4.27. The second kappa shape index (κ2) is 9.45. The number of benzene rings is 1. The Hall–Kier alpha value is -3.61. The third-order valence-electron chi connectivity index (χ3n) is 6.57. The molecule has 0 saturated carbocycles. The average Bonchev–Trinajstić information content (AvgIpc) is 3.10. The molecule has 3 saturated heterocycles. The van der Waals surface area contributed by atoms with Crippen molar-refractivity contribution in [2.45, 2.75) is 49.0 Å². The Bertz CT molecular complexity index is 1130. The first-order chi connectivity index (χ1) is 17.0. The zero-order chi connectivity index (χ0) is 26.4. The van der Waals surface area contributed by atoms with Crippen LogP contribution in [-0.2, 0) is 24.0 Å². The molecule has 0 radical (unpaired) electrons. The van der Waals surface area contributed by atoms with Crippen molar-refractivity contribution in [3.05, 3.63) is 35.9 Å². The van der Waals surface area contributed by atoms with E-state index in [-0.39, 0.29) is 13.1 Å². The standard InChI is InChI=1S/C23H27N5O7S/c1-4-26-10-11-27(19(32)18(26)31)22(35)25-13(12-8-6-5-7-9-12)16(29)24-14-17(30)28-15(21(33)34)23(2,3)36-20(14)28/h5-9,13-15,20H,4,10-11H2,1-3H3,(H,24,29)(H,25,35)(H,33,34)/t13-,14?,15?,20?/m1/s1. The van der Waals surface area contributed by atoms with Crippen LogP contribution in [0.4, 0.5) is 4.79 Å². The summed E-state index contributed by atoms with van der Waals surface area (Å²) in [5.74, 6) is -4.12. The van der Waals surface area contributed by atoms with Gasteiger partial charge in [-0.25, -0.2) is 9.59 Å². The van der Waals surface area contributed by atoms with E-state index in [2.05, 4.69) is 10.6 Å². The molecule has 3 unspecified atom stereocenters. The maximum absolute atomic E-state index is 13.3. The number of nitrogens with one attached hydrogen (secondary N) is 2. The quantitative estimate of drug-likeness (QED) is 0.345. The van der Waals surface area contributed by atoms with Crippen LogP contribution in [0.15, 0.2) is 30.3 Å². The molecule has 1 aromatic carbocycles. The van der Waals surface area contributed by atoms with Crippen LogP contribution in [0.1, 0.15) is 32.4 Å². The van der Waals surface area contributed by atoms with Crippen LogP contribution < -0.4 is 10.6 Å². The number of carboxylic acids is 1. The van der Waals surface area contributed by atoms with Gasteiger partial charge >= 0.3 is 23.8 Å². The van der Waals surface area contributed by atoms with Crippen molar-refractivity contribution in [2.75, 3.05) is 19.6 Å². The normalized spacial score (nSPS) is 25.7.